The van der Waals surface area contributed by atoms with E-state index in [1.54, 1.807) is 13.3 Å². The molecule has 0 saturated heterocycles. The number of likely N-dealkylation sites (N-methyl/N-ethyl adjacent to an activating group) is 1. The van der Waals surface area contributed by atoms with E-state index in [-0.39, 0.29) is 12.6 Å². The quantitative estimate of drug-likeness (QED) is 0.703. The Morgan fingerprint density at radius 2 is 1.85 bits per heavy atom. The van der Waals surface area contributed by atoms with E-state index in [2.05, 4.69) is 34.1 Å². The Hall–Kier alpha value is -2.69. The van der Waals surface area contributed by atoms with Crippen LogP contribution in [0.1, 0.15) is 17.2 Å². The molecule has 4 heteroatoms. The number of hydrogen-bond donors (Lipinski definition) is 1. The van der Waals surface area contributed by atoms with Crippen molar-refractivity contribution < 1.29 is 9.84 Å². The second-order valence-electron chi connectivity index (χ2n) is 6.30. The molecule has 1 atom stereocenters. The fourth-order valence-electron chi connectivity index (χ4n) is 3.09. The number of aliphatic hydroxyl groups is 1. The standard InChI is InChI=1S/C22H24N2O2/c1-24(22(16-25)18-9-11-20(26-2)12-10-18)15-17-6-5-7-19(14-17)21-8-3-4-13-23-21/h3-14,22,25H,15-16H2,1-2H3. The van der Waals surface area contributed by atoms with Gasteiger partial charge in [0, 0.05) is 18.3 Å². The Morgan fingerprint density at radius 3 is 2.50 bits per heavy atom. The second-order valence-corrected chi connectivity index (χ2v) is 6.30. The van der Waals surface area contributed by atoms with Gasteiger partial charge in [-0.15, -0.1) is 0 Å². The summed E-state index contributed by atoms with van der Waals surface area (Å²) in [6.45, 7) is 0.792. The molecule has 0 fully saturated rings. The number of hydrogen-bond acceptors (Lipinski definition) is 4. The van der Waals surface area contributed by atoms with Crippen LogP contribution >= 0.6 is 0 Å². The number of aromatic nitrogens is 1. The van der Waals surface area contributed by atoms with Crippen LogP contribution in [0.2, 0.25) is 0 Å². The molecule has 3 aromatic rings. The fraction of sp³-hybridized carbons (Fsp3) is 0.227. The van der Waals surface area contributed by atoms with Gasteiger partial charge in [0.15, 0.2) is 0 Å². The molecule has 0 radical (unpaired) electrons. The third kappa shape index (κ3) is 4.28. The third-order valence-corrected chi connectivity index (χ3v) is 4.53. The molecule has 0 saturated carbocycles. The molecule has 26 heavy (non-hydrogen) atoms. The van der Waals surface area contributed by atoms with E-state index in [0.29, 0.717) is 0 Å². The summed E-state index contributed by atoms with van der Waals surface area (Å²) in [6, 6.07) is 22.1. The van der Waals surface area contributed by atoms with Crippen molar-refractivity contribution >= 4 is 0 Å². The van der Waals surface area contributed by atoms with Gasteiger partial charge in [-0.2, -0.15) is 0 Å². The van der Waals surface area contributed by atoms with Crippen molar-refractivity contribution in [1.82, 2.24) is 9.88 Å². The Morgan fingerprint density at radius 1 is 1.04 bits per heavy atom. The van der Waals surface area contributed by atoms with Crippen molar-refractivity contribution in [2.24, 2.45) is 0 Å². The van der Waals surface area contributed by atoms with E-state index in [1.807, 2.05) is 49.5 Å². The summed E-state index contributed by atoms with van der Waals surface area (Å²) in [4.78, 5) is 6.57. The van der Waals surface area contributed by atoms with Gasteiger partial charge in [-0.3, -0.25) is 9.88 Å². The Balaban J connectivity index is 1.76. The summed E-state index contributed by atoms with van der Waals surface area (Å²) in [5.74, 6) is 0.816. The van der Waals surface area contributed by atoms with Gasteiger partial charge >= 0.3 is 0 Å². The van der Waals surface area contributed by atoms with Gasteiger partial charge in [-0.1, -0.05) is 36.4 Å². The second kappa shape index (κ2) is 8.61. The van der Waals surface area contributed by atoms with Gasteiger partial charge in [0.1, 0.15) is 5.75 Å². The zero-order valence-corrected chi connectivity index (χ0v) is 15.2. The average molecular weight is 348 g/mol. The minimum Gasteiger partial charge on any atom is -0.497 e. The van der Waals surface area contributed by atoms with Crippen LogP contribution in [0.5, 0.6) is 5.75 Å². The highest BCUT2D eigenvalue weighted by Crippen LogP contribution is 2.24. The van der Waals surface area contributed by atoms with E-state index < -0.39 is 0 Å². The van der Waals surface area contributed by atoms with Crippen LogP contribution in [0.25, 0.3) is 11.3 Å². The summed E-state index contributed by atoms with van der Waals surface area (Å²) in [7, 11) is 3.68. The molecule has 134 valence electrons. The van der Waals surface area contributed by atoms with Crippen LogP contribution in [0, 0.1) is 0 Å². The molecule has 3 rings (SSSR count). The zero-order valence-electron chi connectivity index (χ0n) is 15.2. The van der Waals surface area contributed by atoms with Crippen LogP contribution in [0.3, 0.4) is 0 Å². The normalized spacial score (nSPS) is 12.2. The molecule has 1 unspecified atom stereocenters. The van der Waals surface area contributed by atoms with Crippen molar-refractivity contribution in [3.05, 3.63) is 84.1 Å². The summed E-state index contributed by atoms with van der Waals surface area (Å²) in [6.07, 6.45) is 1.81. The van der Waals surface area contributed by atoms with Crippen molar-refractivity contribution in [3.63, 3.8) is 0 Å². The SMILES string of the molecule is COc1ccc(C(CO)N(C)Cc2cccc(-c3ccccn3)c2)cc1. The molecule has 0 aliphatic rings. The molecule has 0 spiro atoms. The van der Waals surface area contributed by atoms with E-state index in [9.17, 15) is 5.11 Å². The highest BCUT2D eigenvalue weighted by Gasteiger charge is 2.16. The number of benzene rings is 2. The first-order valence-electron chi connectivity index (χ1n) is 8.66. The minimum atomic E-state index is -0.0700. The van der Waals surface area contributed by atoms with Crippen LogP contribution in [0.15, 0.2) is 72.9 Å². The molecule has 0 bridgehead atoms. The zero-order chi connectivity index (χ0) is 18.4. The fourth-order valence-corrected chi connectivity index (χ4v) is 3.09. The number of nitrogens with zero attached hydrogens (tertiary/aromatic N) is 2. The smallest absolute Gasteiger partial charge is 0.118 e. The molecule has 0 amide bonds. The van der Waals surface area contributed by atoms with Crippen LogP contribution < -0.4 is 4.74 Å². The summed E-state index contributed by atoms with van der Waals surface area (Å²) < 4.78 is 5.21. The van der Waals surface area contributed by atoms with Gasteiger partial charge < -0.3 is 9.84 Å². The first kappa shape index (κ1) is 18.1. The van der Waals surface area contributed by atoms with Crippen LogP contribution in [-0.2, 0) is 6.54 Å². The first-order valence-corrected chi connectivity index (χ1v) is 8.66. The molecular formula is C22H24N2O2. The molecule has 2 aromatic carbocycles. The lowest BCUT2D eigenvalue weighted by molar-refractivity contribution is 0.142. The van der Waals surface area contributed by atoms with Gasteiger partial charge in [0.05, 0.1) is 25.5 Å². The van der Waals surface area contributed by atoms with E-state index in [0.717, 1.165) is 29.1 Å². The minimum absolute atomic E-state index is 0.0583. The summed E-state index contributed by atoms with van der Waals surface area (Å²) in [5.41, 5.74) is 4.31. The number of rotatable bonds is 7. The van der Waals surface area contributed by atoms with Gasteiger partial charge in [-0.05, 0) is 48.5 Å². The topological polar surface area (TPSA) is 45.6 Å². The molecule has 0 aliphatic heterocycles. The Bertz CT molecular complexity index is 819. The van der Waals surface area contributed by atoms with E-state index >= 15 is 0 Å². The summed E-state index contributed by atoms with van der Waals surface area (Å²) in [5, 5.41) is 9.90. The van der Waals surface area contributed by atoms with Crippen molar-refractivity contribution in [1.29, 1.82) is 0 Å². The average Bonchev–Trinajstić information content (AvgIpc) is 2.70. The van der Waals surface area contributed by atoms with E-state index in [1.165, 1.54) is 5.56 Å². The van der Waals surface area contributed by atoms with Crippen LogP contribution in [-0.4, -0.2) is 35.8 Å². The number of ether oxygens (including phenoxy) is 1. The maximum absolute atomic E-state index is 9.90. The number of methoxy groups -OCH3 is 1. The summed E-state index contributed by atoms with van der Waals surface area (Å²) >= 11 is 0. The predicted octanol–water partition coefficient (Wildman–Crippen LogP) is 3.92. The molecular weight excluding hydrogens is 324 g/mol. The number of aliphatic hydroxyl groups excluding tert-OH is 1. The predicted molar refractivity (Wildman–Crippen MR) is 104 cm³/mol. The Labute approximate surface area is 154 Å². The van der Waals surface area contributed by atoms with Gasteiger partial charge in [0.2, 0.25) is 0 Å². The number of pyridine rings is 1. The van der Waals surface area contributed by atoms with Crippen LogP contribution in [0.4, 0.5) is 0 Å². The van der Waals surface area contributed by atoms with E-state index in [4.69, 9.17) is 4.74 Å². The molecule has 4 nitrogen and oxygen atoms in total. The van der Waals surface area contributed by atoms with Crippen molar-refractivity contribution in [2.45, 2.75) is 12.6 Å². The lowest BCUT2D eigenvalue weighted by atomic mass is 10.0. The molecule has 1 heterocycles. The molecule has 1 aromatic heterocycles. The van der Waals surface area contributed by atoms with Crippen molar-refractivity contribution in [2.75, 3.05) is 20.8 Å². The monoisotopic (exact) mass is 348 g/mol. The lowest BCUT2D eigenvalue weighted by Crippen LogP contribution is -2.26. The maximum atomic E-state index is 9.90. The highest BCUT2D eigenvalue weighted by molar-refractivity contribution is 5.59. The van der Waals surface area contributed by atoms with Crippen molar-refractivity contribution in [3.8, 4) is 17.0 Å². The largest absolute Gasteiger partial charge is 0.497 e. The maximum Gasteiger partial charge on any atom is 0.118 e. The highest BCUT2D eigenvalue weighted by atomic mass is 16.5. The third-order valence-electron chi connectivity index (χ3n) is 4.53. The Kier molecular flexibility index (Phi) is 6.00. The van der Waals surface area contributed by atoms with Gasteiger partial charge in [-0.25, -0.2) is 0 Å². The first-order chi connectivity index (χ1) is 12.7. The van der Waals surface area contributed by atoms with Gasteiger partial charge in [0.25, 0.3) is 0 Å². The lowest BCUT2D eigenvalue weighted by Gasteiger charge is -2.27. The molecule has 0 aliphatic carbocycles. The molecule has 1 N–H and O–H groups in total.